The van der Waals surface area contributed by atoms with Crippen molar-refractivity contribution in [3.05, 3.63) is 0 Å². The second-order valence-electron chi connectivity index (χ2n) is 32.4. The molecule has 2 amide bonds. The number of aliphatic hydroxyl groups excluding tert-OH is 7. The van der Waals surface area contributed by atoms with E-state index in [0.717, 1.165) is 42.0 Å². The highest BCUT2D eigenvalue weighted by molar-refractivity contribution is 5.87. The van der Waals surface area contributed by atoms with E-state index in [1.165, 1.54) is 16.9 Å². The standard InChI is InChI=1S/C37H70N2O11.C28H48N2O8.C6H12O2.5CH4O/c1-16-34(7,22-32(3,4)28(42)43)30(45)49-21-27(41)20-48-29(44)33(5,6)23-37(10,39(13)14)25-35(8,24-36(9,17-2)38(11)12)31(46)50-19-26(40)18-47-15;1-11-26(4,21(31)29(7)8)17-28(6,24(34)38-15-20-13-36-20)18-27(5,22(32)30(9)10)16-25(2,3)23(33)37-14-19-12-35-19;1-4-6(2,3)5(7)8;5*1-2/h26-27,40-41H,16-25H2,1-15H3,(H,42,43);19-20H,11-18H2,1-10H3;4H2,1-3H3,(H,7,8);5*2H,1H3. The summed E-state index contributed by atoms with van der Waals surface area (Å²) in [5.74, 6) is -4.64. The summed E-state index contributed by atoms with van der Waals surface area (Å²) in [7, 11) is 20.9. The van der Waals surface area contributed by atoms with Crippen LogP contribution in [0.4, 0.5) is 0 Å². The Morgan fingerprint density at radius 2 is 0.651 bits per heavy atom. The van der Waals surface area contributed by atoms with Gasteiger partial charge in [0.15, 0.2) is 0 Å². The summed E-state index contributed by atoms with van der Waals surface area (Å²) in [6.07, 6.45) is 1.34. The monoisotopic (exact) mass is 1540 g/mol. The van der Waals surface area contributed by atoms with E-state index in [0.29, 0.717) is 45.3 Å². The molecule has 0 saturated carbocycles. The van der Waals surface area contributed by atoms with Crippen molar-refractivity contribution in [2.24, 2.45) is 48.7 Å². The lowest BCUT2D eigenvalue weighted by molar-refractivity contribution is -0.169. The van der Waals surface area contributed by atoms with Crippen molar-refractivity contribution in [1.82, 2.24) is 19.6 Å². The van der Waals surface area contributed by atoms with Gasteiger partial charge in [-0.2, -0.15) is 0 Å². The molecule has 2 fully saturated rings. The first-order valence-corrected chi connectivity index (χ1v) is 35.9. The summed E-state index contributed by atoms with van der Waals surface area (Å²) in [6.45, 7) is 34.5. The van der Waals surface area contributed by atoms with E-state index < -0.39 is 121 Å². The topological polar surface area (TPSA) is 429 Å². The van der Waals surface area contributed by atoms with Crippen LogP contribution < -0.4 is 0 Å². The fourth-order valence-electron chi connectivity index (χ4n) is 12.4. The van der Waals surface area contributed by atoms with Crippen molar-refractivity contribution in [3.8, 4) is 0 Å². The third-order valence-corrected chi connectivity index (χ3v) is 19.7. The first kappa shape index (κ1) is 112. The van der Waals surface area contributed by atoms with Crippen LogP contribution in [0.2, 0.25) is 0 Å². The maximum absolute atomic E-state index is 13.9. The van der Waals surface area contributed by atoms with Crippen molar-refractivity contribution in [3.63, 3.8) is 0 Å². The maximum atomic E-state index is 13.9. The van der Waals surface area contributed by atoms with Crippen molar-refractivity contribution in [2.75, 3.05) is 152 Å². The lowest BCUT2D eigenvalue weighted by atomic mass is 9.61. The third-order valence-electron chi connectivity index (χ3n) is 19.7. The molecule has 2 saturated heterocycles. The number of carboxylic acids is 2. The highest BCUT2D eigenvalue weighted by atomic mass is 16.6. The van der Waals surface area contributed by atoms with Crippen LogP contribution in [0.3, 0.4) is 0 Å². The average Bonchev–Trinajstić information content (AvgIpc) is 0.948. The van der Waals surface area contributed by atoms with Gasteiger partial charge in [-0.25, -0.2) is 0 Å². The molecule has 11 atom stereocenters. The summed E-state index contributed by atoms with van der Waals surface area (Å²) in [4.78, 5) is 123. The van der Waals surface area contributed by atoms with Gasteiger partial charge in [0.25, 0.3) is 0 Å². The molecule has 0 radical (unpaired) electrons. The fourth-order valence-corrected chi connectivity index (χ4v) is 12.4. The molecule has 9 N–H and O–H groups in total. The van der Waals surface area contributed by atoms with Gasteiger partial charge in [-0.1, -0.05) is 41.5 Å². The van der Waals surface area contributed by atoms with E-state index in [-0.39, 0.29) is 88.1 Å². The van der Waals surface area contributed by atoms with Crippen molar-refractivity contribution in [1.29, 1.82) is 0 Å². The Balaban J connectivity index is -0.000000392. The van der Waals surface area contributed by atoms with Gasteiger partial charge < -0.3 is 103 Å². The number of carbonyl (C=O) groups is 9. The molecular formula is C76H150N4O26. The van der Waals surface area contributed by atoms with Crippen LogP contribution in [0.25, 0.3) is 0 Å². The van der Waals surface area contributed by atoms with E-state index in [1.807, 2.05) is 67.7 Å². The maximum Gasteiger partial charge on any atom is 0.312 e. The SMILES string of the molecule is CCC(C)(C)C(=O)O.CCC(C)(CC(C)(C)C(=O)O)C(=O)OCC(O)COC(=O)C(C)(C)CC(C)(CC(C)(CC(C)(CC)N(C)C)C(=O)OCC(O)COC)N(C)C.CCC(C)(CC(C)(CC(C)(CC(C)(C)C(=O)OCC1CO1)C(=O)N(C)C)C(=O)OCC1CO1)C(=O)N(C)C.CO.CO.CO.CO.CO. The van der Waals surface area contributed by atoms with Crippen LogP contribution in [0, 0.1) is 48.7 Å². The van der Waals surface area contributed by atoms with Crippen molar-refractivity contribution < 1.29 is 127 Å². The van der Waals surface area contributed by atoms with Crippen LogP contribution in [-0.4, -0.2) is 307 Å². The fraction of sp³-hybridized carbons (Fsp3) is 0.882. The first-order valence-electron chi connectivity index (χ1n) is 35.9. The number of carbonyl (C=O) groups excluding carboxylic acids is 7. The van der Waals surface area contributed by atoms with Gasteiger partial charge in [0.05, 0.1) is 57.7 Å². The molecule has 630 valence electrons. The molecule has 11 unspecified atom stereocenters. The van der Waals surface area contributed by atoms with Crippen LogP contribution in [-0.2, 0) is 81.0 Å². The zero-order valence-corrected chi connectivity index (χ0v) is 71.5. The van der Waals surface area contributed by atoms with E-state index in [9.17, 15) is 58.5 Å². The number of ether oxygens (including phenoxy) is 8. The Morgan fingerprint density at radius 3 is 0.972 bits per heavy atom. The molecular weight excluding hydrogens is 1380 g/mol. The third kappa shape index (κ3) is 38.4. The van der Waals surface area contributed by atoms with Crippen molar-refractivity contribution >= 4 is 53.6 Å². The molecule has 2 aliphatic heterocycles. The molecule has 0 aromatic heterocycles. The van der Waals surface area contributed by atoms with Crippen molar-refractivity contribution in [2.45, 2.75) is 238 Å². The van der Waals surface area contributed by atoms with Gasteiger partial charge in [-0.15, -0.1) is 0 Å². The number of hydrogen-bond donors (Lipinski definition) is 9. The highest BCUT2D eigenvalue weighted by Crippen LogP contribution is 2.51. The normalized spacial score (nSPS) is 18.2. The predicted octanol–water partition coefficient (Wildman–Crippen LogP) is 6.38. The number of aliphatic carboxylic acids is 2. The molecule has 106 heavy (non-hydrogen) atoms. The number of epoxide rings is 2. The van der Waals surface area contributed by atoms with Crippen LogP contribution in [0.15, 0.2) is 0 Å². The molecule has 2 aliphatic rings. The average molecular weight is 1540 g/mol. The van der Waals surface area contributed by atoms with Gasteiger partial charge >= 0.3 is 41.8 Å². The number of rotatable bonds is 41. The minimum absolute atomic E-state index is 0.0282. The number of carboxylic acid groups (broad SMARTS) is 2. The molecule has 2 heterocycles. The lowest BCUT2D eigenvalue weighted by Crippen LogP contribution is -2.54. The predicted molar refractivity (Wildman–Crippen MR) is 405 cm³/mol. The second-order valence-corrected chi connectivity index (χ2v) is 32.4. The van der Waals surface area contributed by atoms with Gasteiger partial charge in [-0.05, 0) is 189 Å². The van der Waals surface area contributed by atoms with E-state index >= 15 is 0 Å². The minimum atomic E-state index is -1.29. The summed E-state index contributed by atoms with van der Waals surface area (Å²) in [5, 5.41) is 73.7. The summed E-state index contributed by atoms with van der Waals surface area (Å²) >= 11 is 0. The highest BCUT2D eigenvalue weighted by Gasteiger charge is 2.55. The zero-order valence-electron chi connectivity index (χ0n) is 71.5. The van der Waals surface area contributed by atoms with Crippen LogP contribution in [0.5, 0.6) is 0 Å². The van der Waals surface area contributed by atoms with Gasteiger partial charge in [0, 0.05) is 92.8 Å². The van der Waals surface area contributed by atoms with Gasteiger partial charge in [0.1, 0.15) is 57.5 Å². The number of nitrogens with zero attached hydrogens (tertiary/aromatic N) is 4. The zero-order chi connectivity index (χ0) is 85.4. The molecule has 0 aliphatic carbocycles. The molecule has 0 spiro atoms. The summed E-state index contributed by atoms with van der Waals surface area (Å²) in [6, 6.07) is 0. The molecule has 0 aromatic carbocycles. The van der Waals surface area contributed by atoms with E-state index in [4.69, 9.17) is 68.5 Å². The number of esters is 5. The summed E-state index contributed by atoms with van der Waals surface area (Å²) < 4.78 is 43.1. The second kappa shape index (κ2) is 50.5. The number of hydrogen-bond acceptors (Lipinski definition) is 26. The molecule has 0 bridgehead atoms. The lowest BCUT2D eigenvalue weighted by Gasteiger charge is -2.48. The smallest absolute Gasteiger partial charge is 0.312 e. The number of methoxy groups -OCH3 is 1. The van der Waals surface area contributed by atoms with E-state index in [1.54, 1.807) is 111 Å². The number of amides is 2. The Bertz CT molecular complexity index is 2580. The minimum Gasteiger partial charge on any atom is -0.481 e. The van der Waals surface area contributed by atoms with Gasteiger partial charge in [0.2, 0.25) is 11.8 Å². The first-order chi connectivity index (χ1) is 48.5. The quantitative estimate of drug-likeness (QED) is 0.0182. The molecule has 2 rings (SSSR count). The molecule has 30 nitrogen and oxygen atoms in total. The Labute approximate surface area is 636 Å². The van der Waals surface area contributed by atoms with Crippen LogP contribution >= 0.6 is 0 Å². The Kier molecular flexibility index (Phi) is 53.2. The molecule has 0 aromatic rings. The van der Waals surface area contributed by atoms with Crippen LogP contribution in [0.1, 0.15) is 202 Å². The van der Waals surface area contributed by atoms with E-state index in [2.05, 4.69) is 18.7 Å². The largest absolute Gasteiger partial charge is 0.481 e. The number of aliphatic hydroxyl groups is 7. The Morgan fingerprint density at radius 1 is 0.358 bits per heavy atom. The summed E-state index contributed by atoms with van der Waals surface area (Å²) in [5.41, 5.74) is -10.2. The van der Waals surface area contributed by atoms with Gasteiger partial charge in [-0.3, -0.25) is 43.2 Å². The molecule has 30 heteroatoms. The Hall–Kier alpha value is -5.25.